The molecule has 1 aromatic carbocycles. The van der Waals surface area contributed by atoms with Crippen LogP contribution in [0, 0.1) is 6.92 Å². The predicted molar refractivity (Wildman–Crippen MR) is 108 cm³/mol. The predicted octanol–water partition coefficient (Wildman–Crippen LogP) is 3.51. The number of benzene rings is 1. The first-order valence-electron chi connectivity index (χ1n) is 9.90. The molecule has 1 saturated heterocycles. The van der Waals surface area contributed by atoms with Gasteiger partial charge in [0.1, 0.15) is 18.1 Å². The molecule has 1 fully saturated rings. The number of nitrogens with one attached hydrogen (secondary N) is 1. The van der Waals surface area contributed by atoms with Crippen LogP contribution in [0.5, 0.6) is 0 Å². The Morgan fingerprint density at radius 2 is 1.85 bits per heavy atom. The van der Waals surface area contributed by atoms with Crippen LogP contribution in [0.3, 0.4) is 0 Å². The average molecular weight is 365 g/mol. The highest BCUT2D eigenvalue weighted by Gasteiger charge is 2.36. The van der Waals surface area contributed by atoms with E-state index in [1.54, 1.807) is 6.33 Å². The molecule has 2 aliphatic rings. The highest BCUT2D eigenvalue weighted by Crippen LogP contribution is 2.39. The van der Waals surface area contributed by atoms with E-state index in [2.05, 4.69) is 51.4 Å². The van der Waals surface area contributed by atoms with Crippen molar-refractivity contribution in [3.8, 4) is 0 Å². The molecule has 1 aromatic heterocycles. The maximum atomic E-state index is 13.2. The third-order valence-corrected chi connectivity index (χ3v) is 5.47. The van der Waals surface area contributed by atoms with Crippen molar-refractivity contribution in [3.05, 3.63) is 41.7 Å². The minimum Gasteiger partial charge on any atom is -0.356 e. The maximum absolute atomic E-state index is 13.2. The van der Waals surface area contributed by atoms with Crippen LogP contribution < -0.4 is 15.1 Å². The van der Waals surface area contributed by atoms with E-state index in [9.17, 15) is 4.79 Å². The van der Waals surface area contributed by atoms with Crippen LogP contribution in [0.1, 0.15) is 43.7 Å². The molecular weight excluding hydrogens is 338 g/mol. The third kappa shape index (κ3) is 3.48. The van der Waals surface area contributed by atoms with E-state index < -0.39 is 0 Å². The summed E-state index contributed by atoms with van der Waals surface area (Å²) < 4.78 is 0. The third-order valence-electron chi connectivity index (χ3n) is 5.47. The van der Waals surface area contributed by atoms with Gasteiger partial charge in [-0.25, -0.2) is 9.97 Å². The van der Waals surface area contributed by atoms with Crippen LogP contribution in [0.2, 0.25) is 0 Å². The van der Waals surface area contributed by atoms with Gasteiger partial charge in [-0.1, -0.05) is 36.8 Å². The van der Waals surface area contributed by atoms with Gasteiger partial charge >= 0.3 is 0 Å². The fourth-order valence-corrected chi connectivity index (χ4v) is 3.90. The van der Waals surface area contributed by atoms with Gasteiger partial charge in [0.15, 0.2) is 11.6 Å². The minimum atomic E-state index is -0.243. The molecule has 0 aliphatic carbocycles. The number of aromatic nitrogens is 2. The quantitative estimate of drug-likeness (QED) is 0.898. The Morgan fingerprint density at radius 1 is 1.11 bits per heavy atom. The number of fused-ring (bicyclic) bond motifs is 1. The van der Waals surface area contributed by atoms with Crippen molar-refractivity contribution in [3.63, 3.8) is 0 Å². The van der Waals surface area contributed by atoms with Gasteiger partial charge in [0.2, 0.25) is 5.91 Å². The van der Waals surface area contributed by atoms with Crippen molar-refractivity contribution in [2.24, 2.45) is 0 Å². The van der Waals surface area contributed by atoms with E-state index in [1.165, 1.54) is 12.0 Å². The van der Waals surface area contributed by atoms with Crippen LogP contribution in [0.25, 0.3) is 0 Å². The summed E-state index contributed by atoms with van der Waals surface area (Å²) in [6.07, 6.45) is 5.92. The number of carbonyl (C=O) groups is 1. The minimum absolute atomic E-state index is 0.0960. The van der Waals surface area contributed by atoms with Crippen molar-refractivity contribution in [2.45, 2.75) is 52.1 Å². The topological polar surface area (TPSA) is 61.4 Å². The fourth-order valence-electron chi connectivity index (χ4n) is 3.90. The summed E-state index contributed by atoms with van der Waals surface area (Å²) in [7, 11) is 0. The Labute approximate surface area is 160 Å². The number of anilines is 3. The van der Waals surface area contributed by atoms with Crippen LogP contribution in [-0.2, 0) is 11.3 Å². The van der Waals surface area contributed by atoms with E-state index in [4.69, 9.17) is 0 Å². The maximum Gasteiger partial charge on any atom is 0.250 e. The van der Waals surface area contributed by atoms with Crippen molar-refractivity contribution < 1.29 is 4.79 Å². The molecule has 142 valence electrons. The van der Waals surface area contributed by atoms with Crippen molar-refractivity contribution in [1.29, 1.82) is 0 Å². The highest BCUT2D eigenvalue weighted by atomic mass is 16.2. The normalized spacial score (nSPS) is 19.6. The molecular formula is C21H27N5O. The molecule has 4 rings (SSSR count). The van der Waals surface area contributed by atoms with Crippen molar-refractivity contribution >= 4 is 23.2 Å². The highest BCUT2D eigenvalue weighted by molar-refractivity contribution is 6.06. The van der Waals surface area contributed by atoms with E-state index in [1.807, 2.05) is 11.8 Å². The molecule has 0 radical (unpaired) electrons. The Hall–Kier alpha value is -2.63. The molecule has 0 bridgehead atoms. The summed E-state index contributed by atoms with van der Waals surface area (Å²) in [5.41, 5.74) is 3.16. The first kappa shape index (κ1) is 17.8. The number of hydrogen-bond acceptors (Lipinski definition) is 5. The van der Waals surface area contributed by atoms with Crippen LogP contribution in [0.4, 0.5) is 17.3 Å². The smallest absolute Gasteiger partial charge is 0.250 e. The second-order valence-corrected chi connectivity index (χ2v) is 7.46. The Kier molecular flexibility index (Phi) is 4.97. The summed E-state index contributed by atoms with van der Waals surface area (Å²) >= 11 is 0. The van der Waals surface area contributed by atoms with Crippen LogP contribution in [-0.4, -0.2) is 35.0 Å². The summed E-state index contributed by atoms with van der Waals surface area (Å²) in [5.74, 6) is 1.74. The zero-order valence-corrected chi connectivity index (χ0v) is 16.1. The molecule has 27 heavy (non-hydrogen) atoms. The zero-order chi connectivity index (χ0) is 18.8. The molecule has 6 heteroatoms. The number of piperidine rings is 1. The van der Waals surface area contributed by atoms with Gasteiger partial charge < -0.3 is 10.2 Å². The SMILES string of the molecule is CCC1Nc2ncnc(N3CCCCC3)c2N(Cc2ccc(C)cc2)C1=O. The van der Waals surface area contributed by atoms with Gasteiger partial charge in [0.05, 0.1) is 6.54 Å². The number of amides is 1. The molecule has 1 unspecified atom stereocenters. The Bertz CT molecular complexity index is 814. The van der Waals surface area contributed by atoms with Gasteiger partial charge in [-0.15, -0.1) is 0 Å². The molecule has 1 amide bonds. The first-order chi connectivity index (χ1) is 13.2. The Morgan fingerprint density at radius 3 is 2.56 bits per heavy atom. The van der Waals surface area contributed by atoms with Crippen molar-refractivity contribution in [1.82, 2.24) is 9.97 Å². The van der Waals surface area contributed by atoms with E-state index in [-0.39, 0.29) is 11.9 Å². The lowest BCUT2D eigenvalue weighted by Crippen LogP contribution is -2.48. The number of carbonyl (C=O) groups excluding carboxylic acids is 1. The summed E-state index contributed by atoms with van der Waals surface area (Å²) in [6.45, 7) is 6.60. The van der Waals surface area contributed by atoms with Gasteiger partial charge in [0, 0.05) is 13.1 Å². The standard InChI is InChI=1S/C21H27N5O/c1-3-17-21(27)26(13-16-9-7-15(2)8-10-16)18-19(24-17)22-14-23-20(18)25-11-5-4-6-12-25/h7-10,14,17H,3-6,11-13H2,1-2H3,(H,22,23,24). The zero-order valence-electron chi connectivity index (χ0n) is 16.1. The fraction of sp³-hybridized carbons (Fsp3) is 0.476. The first-order valence-corrected chi connectivity index (χ1v) is 9.90. The molecule has 3 heterocycles. The van der Waals surface area contributed by atoms with Crippen LogP contribution >= 0.6 is 0 Å². The number of aryl methyl sites for hydroxylation is 1. The summed E-state index contributed by atoms with van der Waals surface area (Å²) in [5, 5.41) is 3.33. The number of nitrogens with zero attached hydrogens (tertiary/aromatic N) is 4. The molecule has 0 spiro atoms. The molecule has 2 aliphatic heterocycles. The molecule has 6 nitrogen and oxygen atoms in total. The lowest BCUT2D eigenvalue weighted by atomic mass is 10.1. The molecule has 0 saturated carbocycles. The molecule has 2 aromatic rings. The second-order valence-electron chi connectivity index (χ2n) is 7.46. The Balaban J connectivity index is 1.75. The lowest BCUT2D eigenvalue weighted by Gasteiger charge is -2.38. The van der Waals surface area contributed by atoms with Crippen LogP contribution in [0.15, 0.2) is 30.6 Å². The lowest BCUT2D eigenvalue weighted by molar-refractivity contribution is -0.119. The number of rotatable bonds is 4. The van der Waals surface area contributed by atoms with Crippen molar-refractivity contribution in [2.75, 3.05) is 28.2 Å². The second kappa shape index (κ2) is 7.55. The van der Waals surface area contributed by atoms with Gasteiger partial charge in [-0.3, -0.25) is 9.69 Å². The monoisotopic (exact) mass is 365 g/mol. The largest absolute Gasteiger partial charge is 0.356 e. The number of hydrogen-bond donors (Lipinski definition) is 1. The summed E-state index contributed by atoms with van der Waals surface area (Å²) in [4.78, 5) is 26.5. The van der Waals surface area contributed by atoms with Gasteiger partial charge in [0.25, 0.3) is 0 Å². The molecule has 1 N–H and O–H groups in total. The van der Waals surface area contributed by atoms with E-state index in [0.29, 0.717) is 6.54 Å². The van der Waals surface area contributed by atoms with E-state index >= 15 is 0 Å². The van der Waals surface area contributed by atoms with Gasteiger partial charge in [-0.05, 0) is 38.2 Å². The molecule has 1 atom stereocenters. The summed E-state index contributed by atoms with van der Waals surface area (Å²) in [6, 6.07) is 8.12. The van der Waals surface area contributed by atoms with E-state index in [0.717, 1.165) is 55.2 Å². The van der Waals surface area contributed by atoms with Gasteiger partial charge in [-0.2, -0.15) is 0 Å². The average Bonchev–Trinajstić information content (AvgIpc) is 2.71.